The van der Waals surface area contributed by atoms with E-state index in [1.807, 2.05) is 24.3 Å². The third kappa shape index (κ3) is 2.63. The fourth-order valence-electron chi connectivity index (χ4n) is 2.64. The minimum Gasteiger partial charge on any atom is -0.488 e. The van der Waals surface area contributed by atoms with Gasteiger partial charge in [-0.1, -0.05) is 23.4 Å². The maximum atomic E-state index is 6.17. The van der Waals surface area contributed by atoms with E-state index in [-0.39, 0.29) is 6.10 Å². The van der Waals surface area contributed by atoms with Crippen molar-refractivity contribution in [2.24, 2.45) is 0 Å². The van der Waals surface area contributed by atoms with Gasteiger partial charge in [-0.2, -0.15) is 0 Å². The van der Waals surface area contributed by atoms with Gasteiger partial charge in [-0.15, -0.1) is 0 Å². The molecule has 5 nitrogen and oxygen atoms in total. The molecule has 2 N–H and O–H groups in total. The highest BCUT2D eigenvalue weighted by Gasteiger charge is 2.20. The third-order valence-corrected chi connectivity index (χ3v) is 3.65. The van der Waals surface area contributed by atoms with E-state index in [0.717, 1.165) is 36.4 Å². The summed E-state index contributed by atoms with van der Waals surface area (Å²) >= 11 is 0. The molecule has 1 aromatic heterocycles. The summed E-state index contributed by atoms with van der Waals surface area (Å²) in [6.45, 7) is 2.09. The molecule has 1 fully saturated rings. The smallest absolute Gasteiger partial charge is 0.230 e. The van der Waals surface area contributed by atoms with Gasteiger partial charge in [0, 0.05) is 12.1 Å². The topological polar surface area (TPSA) is 64.5 Å². The Morgan fingerprint density at radius 3 is 2.95 bits per heavy atom. The molecule has 0 spiro atoms. The number of ether oxygens (including phenoxy) is 1. The molecule has 2 aromatic rings. The summed E-state index contributed by atoms with van der Waals surface area (Å²) in [6.07, 6.45) is 4.09. The summed E-state index contributed by atoms with van der Waals surface area (Å²) in [4.78, 5) is 2.30. The molecule has 1 aliphatic heterocycles. The van der Waals surface area contributed by atoms with Gasteiger partial charge in [0.15, 0.2) is 0 Å². The fraction of sp³-hybridized carbons (Fsp3) is 0.400. The van der Waals surface area contributed by atoms with Crippen molar-refractivity contribution >= 4 is 5.88 Å². The molecule has 1 aromatic carbocycles. The lowest BCUT2D eigenvalue weighted by molar-refractivity contribution is 0.105. The predicted octanol–water partition coefficient (Wildman–Crippen LogP) is 2.40. The Labute approximate surface area is 118 Å². The number of benzene rings is 1. The number of aromatic nitrogens is 1. The van der Waals surface area contributed by atoms with Gasteiger partial charge in [-0.3, -0.25) is 0 Å². The van der Waals surface area contributed by atoms with Crippen LogP contribution in [0.25, 0.3) is 11.1 Å². The molecule has 20 heavy (non-hydrogen) atoms. The lowest BCUT2D eigenvalue weighted by Crippen LogP contribution is -2.38. The van der Waals surface area contributed by atoms with Gasteiger partial charge in [-0.25, -0.2) is 0 Å². The number of nitrogen functional groups attached to an aromatic ring is 1. The Morgan fingerprint density at radius 2 is 2.20 bits per heavy atom. The summed E-state index contributed by atoms with van der Waals surface area (Å²) in [7, 11) is 2.12. The van der Waals surface area contributed by atoms with Crippen LogP contribution in [0.3, 0.4) is 0 Å². The first kappa shape index (κ1) is 13.0. The maximum Gasteiger partial charge on any atom is 0.230 e. The van der Waals surface area contributed by atoms with Crippen molar-refractivity contribution in [3.8, 4) is 16.9 Å². The van der Waals surface area contributed by atoms with Gasteiger partial charge in [0.1, 0.15) is 11.9 Å². The lowest BCUT2D eigenvalue weighted by Gasteiger charge is -2.30. The number of likely N-dealkylation sites (tertiary alicyclic amines) is 1. The van der Waals surface area contributed by atoms with Crippen LogP contribution in [0, 0.1) is 0 Å². The van der Waals surface area contributed by atoms with Crippen LogP contribution in [0.1, 0.15) is 12.8 Å². The van der Waals surface area contributed by atoms with Crippen LogP contribution in [-0.4, -0.2) is 36.3 Å². The number of nitrogens with two attached hydrogens (primary N) is 1. The van der Waals surface area contributed by atoms with Crippen LogP contribution in [0.15, 0.2) is 35.0 Å². The zero-order valence-electron chi connectivity index (χ0n) is 11.6. The zero-order chi connectivity index (χ0) is 13.9. The molecule has 1 atom stereocenters. The molecule has 1 aliphatic rings. The maximum absolute atomic E-state index is 6.17. The number of anilines is 1. The van der Waals surface area contributed by atoms with Gasteiger partial charge in [-0.05, 0) is 32.5 Å². The molecule has 0 amide bonds. The minimum atomic E-state index is 0.219. The van der Waals surface area contributed by atoms with Crippen LogP contribution in [-0.2, 0) is 0 Å². The monoisotopic (exact) mass is 273 g/mol. The van der Waals surface area contributed by atoms with Crippen molar-refractivity contribution in [3.63, 3.8) is 0 Å². The summed E-state index contributed by atoms with van der Waals surface area (Å²) < 4.78 is 11.1. The average molecular weight is 273 g/mol. The molecule has 3 rings (SSSR count). The minimum absolute atomic E-state index is 0.219. The number of para-hydroxylation sites is 1. The zero-order valence-corrected chi connectivity index (χ0v) is 11.6. The highest BCUT2D eigenvalue weighted by molar-refractivity contribution is 5.76. The molecule has 5 heteroatoms. The first-order chi connectivity index (χ1) is 9.74. The van der Waals surface area contributed by atoms with Crippen molar-refractivity contribution in [3.05, 3.63) is 30.5 Å². The summed E-state index contributed by atoms with van der Waals surface area (Å²) in [5.41, 5.74) is 7.52. The molecule has 1 unspecified atom stereocenters. The van der Waals surface area contributed by atoms with Gasteiger partial charge >= 0.3 is 0 Å². The number of likely N-dealkylation sites (N-methyl/N-ethyl adjacent to an activating group) is 1. The second-order valence-corrected chi connectivity index (χ2v) is 5.24. The predicted molar refractivity (Wildman–Crippen MR) is 77.5 cm³/mol. The molecule has 2 heterocycles. The van der Waals surface area contributed by atoms with Gasteiger partial charge in [0.2, 0.25) is 5.88 Å². The summed E-state index contributed by atoms with van der Waals surface area (Å²) in [5.74, 6) is 1.16. The van der Waals surface area contributed by atoms with E-state index < -0.39 is 0 Å². The van der Waals surface area contributed by atoms with E-state index in [0.29, 0.717) is 5.88 Å². The van der Waals surface area contributed by atoms with E-state index in [4.69, 9.17) is 15.0 Å². The first-order valence-corrected chi connectivity index (χ1v) is 6.89. The largest absolute Gasteiger partial charge is 0.488 e. The second-order valence-electron chi connectivity index (χ2n) is 5.24. The number of piperidine rings is 1. The molecular formula is C15H19N3O2. The van der Waals surface area contributed by atoms with Crippen molar-refractivity contribution < 1.29 is 9.26 Å². The van der Waals surface area contributed by atoms with E-state index in [1.165, 1.54) is 6.42 Å². The Balaban J connectivity index is 1.85. The lowest BCUT2D eigenvalue weighted by atomic mass is 10.1. The molecular weight excluding hydrogens is 254 g/mol. The van der Waals surface area contributed by atoms with Crippen molar-refractivity contribution in [1.29, 1.82) is 0 Å². The molecule has 0 aliphatic carbocycles. The van der Waals surface area contributed by atoms with Crippen LogP contribution < -0.4 is 10.5 Å². The quantitative estimate of drug-likeness (QED) is 0.930. The summed E-state index contributed by atoms with van der Waals surface area (Å²) in [6, 6.07) is 7.87. The molecule has 1 saturated heterocycles. The van der Waals surface area contributed by atoms with Crippen LogP contribution in [0.5, 0.6) is 5.75 Å². The third-order valence-electron chi connectivity index (χ3n) is 3.65. The molecule has 0 saturated carbocycles. The van der Waals surface area contributed by atoms with Crippen molar-refractivity contribution in [2.75, 3.05) is 25.9 Å². The van der Waals surface area contributed by atoms with E-state index >= 15 is 0 Å². The number of hydrogen-bond acceptors (Lipinski definition) is 5. The van der Waals surface area contributed by atoms with Gasteiger partial charge in [0.05, 0.1) is 11.8 Å². The van der Waals surface area contributed by atoms with Crippen LogP contribution in [0.4, 0.5) is 5.88 Å². The van der Waals surface area contributed by atoms with Crippen molar-refractivity contribution in [2.45, 2.75) is 18.9 Å². The second kappa shape index (κ2) is 5.54. The number of hydrogen-bond donors (Lipinski definition) is 1. The highest BCUT2D eigenvalue weighted by atomic mass is 16.5. The van der Waals surface area contributed by atoms with E-state index in [9.17, 15) is 0 Å². The van der Waals surface area contributed by atoms with Crippen molar-refractivity contribution in [1.82, 2.24) is 10.1 Å². The number of nitrogens with zero attached hydrogens (tertiary/aromatic N) is 2. The Morgan fingerprint density at radius 1 is 1.35 bits per heavy atom. The Hall–Kier alpha value is -2.01. The van der Waals surface area contributed by atoms with Gasteiger partial charge < -0.3 is 19.9 Å². The van der Waals surface area contributed by atoms with E-state index in [2.05, 4.69) is 17.1 Å². The Bertz CT molecular complexity index is 582. The van der Waals surface area contributed by atoms with Gasteiger partial charge in [0.25, 0.3) is 0 Å². The molecule has 106 valence electrons. The van der Waals surface area contributed by atoms with Crippen LogP contribution >= 0.6 is 0 Å². The van der Waals surface area contributed by atoms with E-state index in [1.54, 1.807) is 6.20 Å². The molecule has 0 bridgehead atoms. The average Bonchev–Trinajstić information content (AvgIpc) is 2.86. The first-order valence-electron chi connectivity index (χ1n) is 6.89. The number of rotatable bonds is 3. The summed E-state index contributed by atoms with van der Waals surface area (Å²) in [5, 5.41) is 3.73. The SMILES string of the molecule is CN1CCCC(Oc2ccccc2-c2cnoc2N)C1. The Kier molecular flexibility index (Phi) is 3.60. The normalized spacial score (nSPS) is 19.9. The fourth-order valence-corrected chi connectivity index (χ4v) is 2.64. The standard InChI is InChI=1S/C15H19N3O2/c1-18-8-4-5-11(10-18)19-14-7-3-2-6-12(14)13-9-17-20-15(13)16/h2-3,6-7,9,11H,4-5,8,10,16H2,1H3. The van der Waals surface area contributed by atoms with Crippen LogP contribution in [0.2, 0.25) is 0 Å². The molecule has 0 radical (unpaired) electrons. The highest BCUT2D eigenvalue weighted by Crippen LogP contribution is 2.34.